The summed E-state index contributed by atoms with van der Waals surface area (Å²) in [5, 5.41) is 11.7. The van der Waals surface area contributed by atoms with Gasteiger partial charge in [0.1, 0.15) is 0 Å². The lowest BCUT2D eigenvalue weighted by Gasteiger charge is -2.18. The van der Waals surface area contributed by atoms with Crippen LogP contribution >= 0.6 is 0 Å². The molecule has 0 atom stereocenters. The van der Waals surface area contributed by atoms with Crippen LogP contribution in [0.2, 0.25) is 0 Å². The molecule has 0 spiro atoms. The van der Waals surface area contributed by atoms with E-state index in [1.54, 1.807) is 18.2 Å². The van der Waals surface area contributed by atoms with Crippen LogP contribution in [0.15, 0.2) is 18.2 Å². The second-order valence-electron chi connectivity index (χ2n) is 5.21. The third kappa shape index (κ3) is 4.66. The molecule has 0 fully saturated rings. The summed E-state index contributed by atoms with van der Waals surface area (Å²) in [5.41, 5.74) is -0.583. The third-order valence-electron chi connectivity index (χ3n) is 2.93. The number of ether oxygens (including phenoxy) is 2. The van der Waals surface area contributed by atoms with Gasteiger partial charge in [-0.25, -0.2) is 0 Å². The minimum absolute atomic E-state index is 0.113. The minimum Gasteiger partial charge on any atom is -0.493 e. The summed E-state index contributed by atoms with van der Waals surface area (Å²) in [6.07, 6.45) is -0.113. The van der Waals surface area contributed by atoms with E-state index in [0.717, 1.165) is 0 Å². The van der Waals surface area contributed by atoms with Gasteiger partial charge in [0.15, 0.2) is 11.5 Å². The Balaban J connectivity index is 2.79. The molecule has 0 radical (unpaired) electrons. The zero-order chi connectivity index (χ0) is 16.0. The average Bonchev–Trinajstić information content (AvgIpc) is 2.39. The van der Waals surface area contributed by atoms with Crippen LogP contribution in [0.5, 0.6) is 11.5 Å². The highest BCUT2D eigenvalue weighted by Gasteiger charge is 2.30. The van der Waals surface area contributed by atoms with E-state index < -0.39 is 11.4 Å². The van der Waals surface area contributed by atoms with Crippen LogP contribution in [0.4, 0.5) is 5.69 Å². The Kier molecular flexibility index (Phi) is 5.58. The Morgan fingerprint density at radius 3 is 2.48 bits per heavy atom. The Morgan fingerprint density at radius 1 is 1.29 bits per heavy atom. The summed E-state index contributed by atoms with van der Waals surface area (Å²) < 4.78 is 10.6. The summed E-state index contributed by atoms with van der Waals surface area (Å²) in [6.45, 7) is 5.39. The quantitative estimate of drug-likeness (QED) is 0.807. The first kappa shape index (κ1) is 16.8. The molecule has 1 aromatic rings. The van der Waals surface area contributed by atoms with Gasteiger partial charge < -0.3 is 19.9 Å². The Bertz CT molecular complexity index is 525. The number of rotatable bonds is 7. The molecule has 0 saturated carbocycles. The van der Waals surface area contributed by atoms with Gasteiger partial charge >= 0.3 is 5.97 Å². The summed E-state index contributed by atoms with van der Waals surface area (Å²) in [6, 6.07) is 5.01. The molecule has 0 aromatic heterocycles. The van der Waals surface area contributed by atoms with Crippen molar-refractivity contribution in [1.82, 2.24) is 0 Å². The monoisotopic (exact) mass is 295 g/mol. The number of benzene rings is 1. The molecule has 1 amide bonds. The lowest BCUT2D eigenvalue weighted by atomic mass is 9.89. The first-order chi connectivity index (χ1) is 9.80. The summed E-state index contributed by atoms with van der Waals surface area (Å²) in [7, 11) is 1.51. The smallest absolute Gasteiger partial charge is 0.309 e. The number of hydrogen-bond donors (Lipinski definition) is 2. The van der Waals surface area contributed by atoms with Gasteiger partial charge in [-0.1, -0.05) is 0 Å². The molecule has 6 nitrogen and oxygen atoms in total. The minimum atomic E-state index is -1.11. The molecule has 0 aliphatic rings. The van der Waals surface area contributed by atoms with Gasteiger partial charge in [-0.2, -0.15) is 0 Å². The van der Waals surface area contributed by atoms with Gasteiger partial charge in [-0.05, 0) is 32.9 Å². The average molecular weight is 295 g/mol. The van der Waals surface area contributed by atoms with Crippen molar-refractivity contribution < 1.29 is 24.2 Å². The van der Waals surface area contributed by atoms with Crippen LogP contribution < -0.4 is 14.8 Å². The van der Waals surface area contributed by atoms with Crippen molar-refractivity contribution >= 4 is 17.6 Å². The van der Waals surface area contributed by atoms with Gasteiger partial charge in [-0.15, -0.1) is 0 Å². The predicted octanol–water partition coefficient (Wildman–Crippen LogP) is 2.53. The zero-order valence-corrected chi connectivity index (χ0v) is 12.7. The normalized spacial score (nSPS) is 10.9. The van der Waals surface area contributed by atoms with E-state index in [-0.39, 0.29) is 12.3 Å². The molecule has 0 heterocycles. The van der Waals surface area contributed by atoms with Crippen molar-refractivity contribution in [1.29, 1.82) is 0 Å². The molecule has 6 heteroatoms. The maximum atomic E-state index is 11.9. The summed E-state index contributed by atoms with van der Waals surface area (Å²) >= 11 is 0. The number of amides is 1. The summed E-state index contributed by atoms with van der Waals surface area (Å²) in [5.74, 6) is -0.286. The molecular formula is C15H21NO5. The number of methoxy groups -OCH3 is 1. The van der Waals surface area contributed by atoms with Gasteiger partial charge in [-0.3, -0.25) is 9.59 Å². The SMILES string of the molecule is CCOc1ccc(NC(=O)CC(C)(C)C(=O)O)cc1OC. The van der Waals surface area contributed by atoms with E-state index in [0.29, 0.717) is 23.8 Å². The highest BCUT2D eigenvalue weighted by atomic mass is 16.5. The molecule has 2 N–H and O–H groups in total. The highest BCUT2D eigenvalue weighted by Crippen LogP contribution is 2.30. The fourth-order valence-electron chi connectivity index (χ4n) is 1.70. The maximum absolute atomic E-state index is 11.9. The van der Waals surface area contributed by atoms with Crippen LogP contribution in [-0.2, 0) is 9.59 Å². The fraction of sp³-hybridized carbons (Fsp3) is 0.467. The number of carbonyl (C=O) groups is 2. The van der Waals surface area contributed by atoms with Crippen LogP contribution in [0.3, 0.4) is 0 Å². The number of carbonyl (C=O) groups excluding carboxylic acids is 1. The lowest BCUT2D eigenvalue weighted by molar-refractivity contribution is -0.148. The van der Waals surface area contributed by atoms with Gasteiger partial charge in [0.25, 0.3) is 0 Å². The molecule has 0 aliphatic heterocycles. The predicted molar refractivity (Wildman–Crippen MR) is 78.8 cm³/mol. The van der Waals surface area contributed by atoms with E-state index in [4.69, 9.17) is 14.6 Å². The number of anilines is 1. The first-order valence-electron chi connectivity index (χ1n) is 6.64. The second-order valence-corrected chi connectivity index (χ2v) is 5.21. The van der Waals surface area contributed by atoms with Gasteiger partial charge in [0.2, 0.25) is 5.91 Å². The van der Waals surface area contributed by atoms with Crippen LogP contribution in [0, 0.1) is 5.41 Å². The molecule has 0 unspecified atom stereocenters. The van der Waals surface area contributed by atoms with Crippen molar-refractivity contribution in [2.24, 2.45) is 5.41 Å². The lowest BCUT2D eigenvalue weighted by Crippen LogP contribution is -2.29. The van der Waals surface area contributed by atoms with E-state index in [2.05, 4.69) is 5.32 Å². The van der Waals surface area contributed by atoms with Crippen LogP contribution in [0.1, 0.15) is 27.2 Å². The molecule has 21 heavy (non-hydrogen) atoms. The summed E-state index contributed by atoms with van der Waals surface area (Å²) in [4.78, 5) is 22.9. The molecule has 1 aromatic carbocycles. The van der Waals surface area contributed by atoms with Crippen molar-refractivity contribution in [2.45, 2.75) is 27.2 Å². The van der Waals surface area contributed by atoms with Crippen molar-refractivity contribution in [3.8, 4) is 11.5 Å². The number of carboxylic acid groups (broad SMARTS) is 1. The van der Waals surface area contributed by atoms with Crippen LogP contribution in [0.25, 0.3) is 0 Å². The molecular weight excluding hydrogens is 274 g/mol. The third-order valence-corrected chi connectivity index (χ3v) is 2.93. The molecule has 116 valence electrons. The standard InChI is InChI=1S/C15H21NO5/c1-5-21-11-7-6-10(8-12(11)20-4)16-13(17)9-15(2,3)14(18)19/h6-8H,5,9H2,1-4H3,(H,16,17)(H,18,19). The maximum Gasteiger partial charge on any atom is 0.309 e. The van der Waals surface area contributed by atoms with E-state index in [9.17, 15) is 9.59 Å². The van der Waals surface area contributed by atoms with Crippen molar-refractivity contribution in [3.05, 3.63) is 18.2 Å². The van der Waals surface area contributed by atoms with Crippen molar-refractivity contribution in [3.63, 3.8) is 0 Å². The van der Waals surface area contributed by atoms with E-state index >= 15 is 0 Å². The molecule has 1 rings (SSSR count). The fourth-order valence-corrected chi connectivity index (χ4v) is 1.70. The topological polar surface area (TPSA) is 84.9 Å². The molecule has 0 bridgehead atoms. The molecule has 0 saturated heterocycles. The Hall–Kier alpha value is -2.24. The highest BCUT2D eigenvalue weighted by molar-refractivity contribution is 5.94. The first-order valence-corrected chi connectivity index (χ1v) is 6.64. The van der Waals surface area contributed by atoms with E-state index in [1.807, 2.05) is 6.92 Å². The van der Waals surface area contributed by atoms with Crippen LogP contribution in [-0.4, -0.2) is 30.7 Å². The number of aliphatic carboxylic acids is 1. The largest absolute Gasteiger partial charge is 0.493 e. The molecule has 0 aliphatic carbocycles. The Labute approximate surface area is 124 Å². The van der Waals surface area contributed by atoms with Gasteiger partial charge in [0.05, 0.1) is 19.1 Å². The Morgan fingerprint density at radius 2 is 1.95 bits per heavy atom. The van der Waals surface area contributed by atoms with Gasteiger partial charge in [0, 0.05) is 18.2 Å². The zero-order valence-electron chi connectivity index (χ0n) is 12.7. The van der Waals surface area contributed by atoms with E-state index in [1.165, 1.54) is 21.0 Å². The second kappa shape index (κ2) is 6.97. The number of nitrogens with one attached hydrogen (secondary N) is 1. The number of carboxylic acids is 1. The van der Waals surface area contributed by atoms with Crippen molar-refractivity contribution in [2.75, 3.05) is 19.0 Å². The number of hydrogen-bond acceptors (Lipinski definition) is 4.